The minimum Gasteiger partial charge on any atom is -0.458 e. The highest BCUT2D eigenvalue weighted by atomic mass is 32.1. The second-order valence-electron chi connectivity index (χ2n) is 6.65. The first-order chi connectivity index (χ1) is 13.9. The first kappa shape index (κ1) is 17.9. The quantitative estimate of drug-likeness (QED) is 0.523. The van der Waals surface area contributed by atoms with Crippen LogP contribution in [0.5, 0.6) is 0 Å². The fourth-order valence-electron chi connectivity index (χ4n) is 3.69. The van der Waals surface area contributed by atoms with Crippen molar-refractivity contribution in [2.24, 2.45) is 0 Å². The molecular weight excluding hydrogens is 405 g/mol. The normalized spacial score (nSPS) is 16.9. The Kier molecular flexibility index (Phi) is 3.98. The molecule has 0 saturated heterocycles. The summed E-state index contributed by atoms with van der Waals surface area (Å²) in [6.45, 7) is 0.375. The molecule has 148 valence electrons. The number of alkyl halides is 3. The van der Waals surface area contributed by atoms with E-state index in [9.17, 15) is 18.0 Å². The van der Waals surface area contributed by atoms with Crippen LogP contribution >= 0.6 is 11.3 Å². The number of furan rings is 1. The van der Waals surface area contributed by atoms with Gasteiger partial charge >= 0.3 is 6.18 Å². The number of nitrogens with one attached hydrogen (secondary N) is 1. The monoisotopic (exact) mass is 418 g/mol. The number of aromatic nitrogens is 3. The van der Waals surface area contributed by atoms with Gasteiger partial charge in [0.1, 0.15) is 22.3 Å². The molecule has 29 heavy (non-hydrogen) atoms. The lowest BCUT2D eigenvalue weighted by Gasteiger charge is -2.33. The summed E-state index contributed by atoms with van der Waals surface area (Å²) in [5.41, 5.74) is 1.87. The molecule has 1 aliphatic rings. The number of amides is 1. The Morgan fingerprint density at radius 2 is 2.21 bits per heavy atom. The molecule has 3 aromatic heterocycles. The molecule has 5 rings (SSSR count). The van der Waals surface area contributed by atoms with Crippen LogP contribution in [0.3, 0.4) is 0 Å². The van der Waals surface area contributed by atoms with Crippen LogP contribution in [0, 0.1) is 0 Å². The number of halogens is 3. The van der Waals surface area contributed by atoms with E-state index in [1.54, 1.807) is 22.5 Å². The summed E-state index contributed by atoms with van der Waals surface area (Å²) < 4.78 is 45.9. The van der Waals surface area contributed by atoms with Gasteiger partial charge in [0.05, 0.1) is 29.3 Å². The summed E-state index contributed by atoms with van der Waals surface area (Å²) >= 11 is 1.21. The van der Waals surface area contributed by atoms with E-state index in [0.29, 0.717) is 28.9 Å². The predicted octanol–water partition coefficient (Wildman–Crippen LogP) is 4.42. The van der Waals surface area contributed by atoms with Gasteiger partial charge in [-0.3, -0.25) is 9.78 Å². The average molecular weight is 418 g/mol. The first-order valence-corrected chi connectivity index (χ1v) is 9.62. The largest absolute Gasteiger partial charge is 0.458 e. The fraction of sp³-hybridized carbons (Fsp3) is 0.211. The Hall–Kier alpha value is -3.14. The van der Waals surface area contributed by atoms with E-state index in [1.807, 2.05) is 0 Å². The molecule has 0 bridgehead atoms. The van der Waals surface area contributed by atoms with Crippen LogP contribution in [-0.4, -0.2) is 32.3 Å². The molecule has 4 heterocycles. The van der Waals surface area contributed by atoms with Crippen LogP contribution in [0.1, 0.15) is 38.4 Å². The van der Waals surface area contributed by atoms with Gasteiger partial charge in [-0.15, -0.1) is 11.3 Å². The number of aromatic amines is 1. The number of carbonyl (C=O) groups is 1. The first-order valence-electron chi connectivity index (χ1n) is 8.75. The van der Waals surface area contributed by atoms with Crippen molar-refractivity contribution in [3.8, 4) is 0 Å². The maximum absolute atomic E-state index is 13.4. The highest BCUT2D eigenvalue weighted by Gasteiger charge is 2.39. The molecule has 0 aliphatic carbocycles. The molecule has 10 heteroatoms. The van der Waals surface area contributed by atoms with Crippen LogP contribution in [0.25, 0.3) is 11.0 Å². The van der Waals surface area contributed by atoms with Gasteiger partial charge in [0.25, 0.3) is 5.91 Å². The molecule has 1 N–H and O–H groups in total. The SMILES string of the molecule is O=C(c1cncs1)N1CCc2[nH]cnc2[C@@H]1c1cc2cccc(C(F)(F)F)c2o1. The fourth-order valence-corrected chi connectivity index (χ4v) is 4.26. The summed E-state index contributed by atoms with van der Waals surface area (Å²) in [5.74, 6) is -0.0229. The summed E-state index contributed by atoms with van der Waals surface area (Å²) in [4.78, 5) is 26.4. The summed E-state index contributed by atoms with van der Waals surface area (Å²) in [6, 6.07) is 4.70. The van der Waals surface area contributed by atoms with Crippen molar-refractivity contribution in [2.75, 3.05) is 6.54 Å². The molecular formula is C19H13F3N4O2S. The van der Waals surface area contributed by atoms with Crippen LogP contribution in [-0.2, 0) is 12.6 Å². The third kappa shape index (κ3) is 2.91. The van der Waals surface area contributed by atoms with E-state index in [0.717, 1.165) is 11.8 Å². The minimum atomic E-state index is -4.54. The van der Waals surface area contributed by atoms with E-state index < -0.39 is 17.8 Å². The Morgan fingerprint density at radius 1 is 1.34 bits per heavy atom. The minimum absolute atomic E-state index is 0.239. The van der Waals surface area contributed by atoms with Gasteiger partial charge in [-0.05, 0) is 12.1 Å². The number of H-pyrrole nitrogens is 1. The number of fused-ring (bicyclic) bond motifs is 2. The Morgan fingerprint density at radius 3 is 2.97 bits per heavy atom. The van der Waals surface area contributed by atoms with Gasteiger partial charge in [0.15, 0.2) is 0 Å². The molecule has 1 aliphatic heterocycles. The average Bonchev–Trinajstić information content (AvgIpc) is 3.45. The lowest BCUT2D eigenvalue weighted by molar-refractivity contribution is -0.136. The van der Waals surface area contributed by atoms with Crippen molar-refractivity contribution in [3.63, 3.8) is 0 Å². The van der Waals surface area contributed by atoms with Gasteiger partial charge < -0.3 is 14.3 Å². The van der Waals surface area contributed by atoms with Crippen molar-refractivity contribution in [2.45, 2.75) is 18.6 Å². The van der Waals surface area contributed by atoms with Crippen molar-refractivity contribution in [1.82, 2.24) is 19.9 Å². The number of benzene rings is 1. The van der Waals surface area contributed by atoms with E-state index in [-0.39, 0.29) is 17.3 Å². The highest BCUT2D eigenvalue weighted by molar-refractivity contribution is 7.11. The number of imidazole rings is 1. The number of hydrogen-bond acceptors (Lipinski definition) is 5. The third-order valence-corrected chi connectivity index (χ3v) is 5.73. The van der Waals surface area contributed by atoms with E-state index in [4.69, 9.17) is 4.42 Å². The van der Waals surface area contributed by atoms with Gasteiger partial charge in [0.2, 0.25) is 0 Å². The lowest BCUT2D eigenvalue weighted by atomic mass is 10.00. The molecule has 0 radical (unpaired) electrons. The van der Waals surface area contributed by atoms with Gasteiger partial charge in [-0.2, -0.15) is 13.2 Å². The smallest absolute Gasteiger partial charge is 0.420 e. The number of nitrogens with zero attached hydrogens (tertiary/aromatic N) is 3. The van der Waals surface area contributed by atoms with Crippen molar-refractivity contribution in [3.05, 3.63) is 69.9 Å². The van der Waals surface area contributed by atoms with Crippen LogP contribution in [0.2, 0.25) is 0 Å². The number of hydrogen-bond donors (Lipinski definition) is 1. The van der Waals surface area contributed by atoms with Gasteiger partial charge in [0, 0.05) is 24.0 Å². The zero-order valence-electron chi connectivity index (χ0n) is 14.7. The molecule has 4 aromatic rings. The Labute approximate surface area is 166 Å². The molecule has 0 spiro atoms. The number of para-hydroxylation sites is 1. The van der Waals surface area contributed by atoms with E-state index in [1.165, 1.54) is 29.9 Å². The molecule has 1 aromatic carbocycles. The molecule has 0 fully saturated rings. The topological polar surface area (TPSA) is 75.0 Å². The van der Waals surface area contributed by atoms with Crippen LogP contribution < -0.4 is 0 Å². The maximum atomic E-state index is 13.4. The zero-order chi connectivity index (χ0) is 20.2. The van der Waals surface area contributed by atoms with Crippen molar-refractivity contribution >= 4 is 28.2 Å². The van der Waals surface area contributed by atoms with Crippen molar-refractivity contribution in [1.29, 1.82) is 0 Å². The second kappa shape index (κ2) is 6.45. The third-order valence-electron chi connectivity index (χ3n) is 4.97. The number of carbonyl (C=O) groups excluding carboxylic acids is 1. The molecule has 6 nitrogen and oxygen atoms in total. The summed E-state index contributed by atoms with van der Waals surface area (Å²) in [6.07, 6.45) is -0.992. The second-order valence-corrected chi connectivity index (χ2v) is 7.54. The van der Waals surface area contributed by atoms with Gasteiger partial charge in [-0.25, -0.2) is 4.98 Å². The van der Waals surface area contributed by atoms with Crippen LogP contribution in [0.4, 0.5) is 13.2 Å². The molecule has 1 atom stereocenters. The highest BCUT2D eigenvalue weighted by Crippen LogP contribution is 2.41. The Bertz CT molecular complexity index is 1200. The predicted molar refractivity (Wildman–Crippen MR) is 98.5 cm³/mol. The summed E-state index contributed by atoms with van der Waals surface area (Å²) in [7, 11) is 0. The number of rotatable bonds is 2. The zero-order valence-corrected chi connectivity index (χ0v) is 15.5. The molecule has 1 amide bonds. The Balaban J connectivity index is 1.66. The molecule has 0 saturated carbocycles. The van der Waals surface area contributed by atoms with Crippen LogP contribution in [0.15, 0.2) is 46.7 Å². The maximum Gasteiger partial charge on any atom is 0.420 e. The van der Waals surface area contributed by atoms with E-state index >= 15 is 0 Å². The summed E-state index contributed by atoms with van der Waals surface area (Å²) in [5, 5.41) is 0.322. The lowest BCUT2D eigenvalue weighted by Crippen LogP contribution is -2.40. The van der Waals surface area contributed by atoms with Crippen molar-refractivity contribution < 1.29 is 22.4 Å². The van der Waals surface area contributed by atoms with Gasteiger partial charge in [-0.1, -0.05) is 12.1 Å². The standard InChI is InChI=1S/C19H13F3N4O2S/c20-19(21,22)11-3-1-2-10-6-13(28-17(10)11)16-15-12(24-8-25-15)4-5-26(16)18(27)14-7-23-9-29-14/h1-3,6-9,16H,4-5H2,(H,24,25)/t16-/m0/s1. The molecule has 0 unspecified atom stereocenters. The number of thiazole rings is 1. The van der Waals surface area contributed by atoms with E-state index in [2.05, 4.69) is 15.0 Å².